The number of benzene rings is 1. The molecule has 4 amide bonds. The molecule has 3 rings (SSSR count). The van der Waals surface area contributed by atoms with Crippen molar-refractivity contribution < 1.29 is 29.1 Å². The van der Waals surface area contributed by atoms with Crippen LogP contribution in [0.5, 0.6) is 0 Å². The first-order valence-corrected chi connectivity index (χ1v) is 14.7. The van der Waals surface area contributed by atoms with Crippen LogP contribution in [0.15, 0.2) is 18.2 Å². The maximum Gasteiger partial charge on any atom is 0.303 e. The number of nitrogens with zero attached hydrogens (tertiary/aromatic N) is 1. The second kappa shape index (κ2) is 16.0. The summed E-state index contributed by atoms with van der Waals surface area (Å²) in [6, 6.07) is 4.18. The molecular weight excluding hydrogens is 498 g/mol. The van der Waals surface area contributed by atoms with E-state index in [1.54, 1.807) is 18.2 Å². The smallest absolute Gasteiger partial charge is 0.303 e. The van der Waals surface area contributed by atoms with Gasteiger partial charge in [-0.25, -0.2) is 0 Å². The van der Waals surface area contributed by atoms with Gasteiger partial charge in [0.15, 0.2) is 0 Å². The van der Waals surface area contributed by atoms with Crippen LogP contribution >= 0.6 is 0 Å². The van der Waals surface area contributed by atoms with Crippen molar-refractivity contribution in [1.82, 2.24) is 10.2 Å². The normalized spacial score (nSPS) is 16.9. The number of unbranched alkanes of at least 4 members (excludes halogenated alkanes) is 13. The standard InChI is InChI=1S/C30H43N3O6/c34-25-20-19-24(28(37)32-25)33-29(38)22-16-15-17-23(27(22)30(33)39)31-21-14-12-10-8-6-4-2-1-3-5-7-9-11-13-18-26(35)36/h15-17,24,31H,1-14,18-21H2,(H,35,36)(H,32,34,37). The molecule has 1 atom stereocenters. The van der Waals surface area contributed by atoms with E-state index in [0.29, 0.717) is 29.8 Å². The molecule has 2 heterocycles. The molecule has 0 aromatic heterocycles. The number of imide groups is 2. The number of hydrogen-bond donors (Lipinski definition) is 3. The molecule has 214 valence electrons. The zero-order valence-corrected chi connectivity index (χ0v) is 23.0. The van der Waals surface area contributed by atoms with Gasteiger partial charge in [0.1, 0.15) is 6.04 Å². The molecule has 1 saturated heterocycles. The van der Waals surface area contributed by atoms with E-state index in [1.165, 1.54) is 57.8 Å². The highest BCUT2D eigenvalue weighted by Gasteiger charge is 2.45. The van der Waals surface area contributed by atoms with Gasteiger partial charge in [0.25, 0.3) is 11.8 Å². The number of nitrogens with one attached hydrogen (secondary N) is 2. The largest absolute Gasteiger partial charge is 0.481 e. The van der Waals surface area contributed by atoms with E-state index in [1.807, 2.05) is 0 Å². The number of carboxylic acids is 1. The average molecular weight is 542 g/mol. The van der Waals surface area contributed by atoms with E-state index < -0.39 is 29.7 Å². The third-order valence-corrected chi connectivity index (χ3v) is 7.60. The van der Waals surface area contributed by atoms with Crippen LogP contribution in [0.4, 0.5) is 5.69 Å². The van der Waals surface area contributed by atoms with Gasteiger partial charge in [0.2, 0.25) is 11.8 Å². The third kappa shape index (κ3) is 9.18. The summed E-state index contributed by atoms with van der Waals surface area (Å²) in [7, 11) is 0. The van der Waals surface area contributed by atoms with Crippen molar-refractivity contribution in [2.45, 2.75) is 115 Å². The van der Waals surface area contributed by atoms with Crippen molar-refractivity contribution in [3.8, 4) is 0 Å². The van der Waals surface area contributed by atoms with Crippen LogP contribution in [0.25, 0.3) is 0 Å². The Morgan fingerprint density at radius 1 is 0.821 bits per heavy atom. The number of amides is 4. The van der Waals surface area contributed by atoms with E-state index in [-0.39, 0.29) is 18.7 Å². The molecule has 1 fully saturated rings. The average Bonchev–Trinajstić information content (AvgIpc) is 3.16. The van der Waals surface area contributed by atoms with Gasteiger partial charge in [-0.3, -0.25) is 34.2 Å². The number of anilines is 1. The van der Waals surface area contributed by atoms with Gasteiger partial charge < -0.3 is 10.4 Å². The maximum atomic E-state index is 13.1. The zero-order chi connectivity index (χ0) is 28.0. The summed E-state index contributed by atoms with van der Waals surface area (Å²) < 4.78 is 0. The van der Waals surface area contributed by atoms with Crippen LogP contribution in [0.2, 0.25) is 0 Å². The van der Waals surface area contributed by atoms with Gasteiger partial charge in [-0.1, -0.05) is 83.1 Å². The Morgan fingerprint density at radius 3 is 1.95 bits per heavy atom. The molecule has 2 aliphatic rings. The fraction of sp³-hybridized carbons (Fsp3) is 0.633. The first kappa shape index (κ1) is 30.3. The molecule has 0 aliphatic carbocycles. The Bertz CT molecular complexity index is 1020. The lowest BCUT2D eigenvalue weighted by atomic mass is 10.0. The monoisotopic (exact) mass is 541 g/mol. The topological polar surface area (TPSA) is 133 Å². The van der Waals surface area contributed by atoms with Gasteiger partial charge in [-0.05, 0) is 31.4 Å². The molecule has 0 radical (unpaired) electrons. The number of aliphatic carboxylic acids is 1. The van der Waals surface area contributed by atoms with Crippen molar-refractivity contribution in [2.75, 3.05) is 11.9 Å². The van der Waals surface area contributed by atoms with Crippen LogP contribution in [-0.2, 0) is 14.4 Å². The molecule has 9 heteroatoms. The zero-order valence-electron chi connectivity index (χ0n) is 23.0. The van der Waals surface area contributed by atoms with Crippen molar-refractivity contribution in [2.24, 2.45) is 0 Å². The Labute approximate surface area is 231 Å². The molecule has 0 bridgehead atoms. The first-order valence-electron chi connectivity index (χ1n) is 14.7. The van der Waals surface area contributed by atoms with Gasteiger partial charge in [0.05, 0.1) is 11.1 Å². The quantitative estimate of drug-likeness (QED) is 0.157. The van der Waals surface area contributed by atoms with Gasteiger partial charge in [-0.2, -0.15) is 0 Å². The minimum absolute atomic E-state index is 0.105. The number of carbonyl (C=O) groups is 5. The fourth-order valence-electron chi connectivity index (χ4n) is 5.41. The highest BCUT2D eigenvalue weighted by molar-refractivity contribution is 6.25. The van der Waals surface area contributed by atoms with Crippen LogP contribution in [-0.4, -0.2) is 52.2 Å². The summed E-state index contributed by atoms with van der Waals surface area (Å²) in [5, 5.41) is 14.2. The molecule has 3 N–H and O–H groups in total. The van der Waals surface area contributed by atoms with E-state index in [4.69, 9.17) is 5.11 Å². The molecular formula is C30H43N3O6. The molecule has 39 heavy (non-hydrogen) atoms. The lowest BCUT2D eigenvalue weighted by Crippen LogP contribution is -2.54. The van der Waals surface area contributed by atoms with Gasteiger partial charge in [-0.15, -0.1) is 0 Å². The minimum atomic E-state index is -0.954. The van der Waals surface area contributed by atoms with E-state index in [0.717, 1.165) is 37.0 Å². The summed E-state index contributed by atoms with van der Waals surface area (Å²) in [5.41, 5.74) is 1.22. The maximum absolute atomic E-state index is 13.1. The predicted molar refractivity (Wildman–Crippen MR) is 148 cm³/mol. The van der Waals surface area contributed by atoms with E-state index in [2.05, 4.69) is 10.6 Å². The van der Waals surface area contributed by atoms with Crippen LogP contribution in [0.3, 0.4) is 0 Å². The Hall–Kier alpha value is -3.23. The predicted octanol–water partition coefficient (Wildman–Crippen LogP) is 5.44. The lowest BCUT2D eigenvalue weighted by molar-refractivity contribution is -0.138. The van der Waals surface area contributed by atoms with Crippen molar-refractivity contribution in [1.29, 1.82) is 0 Å². The molecule has 1 unspecified atom stereocenters. The van der Waals surface area contributed by atoms with Crippen LogP contribution in [0, 0.1) is 0 Å². The second-order valence-electron chi connectivity index (χ2n) is 10.7. The van der Waals surface area contributed by atoms with Crippen molar-refractivity contribution in [3.05, 3.63) is 29.3 Å². The molecule has 9 nitrogen and oxygen atoms in total. The number of hydrogen-bond acceptors (Lipinski definition) is 6. The number of rotatable bonds is 19. The highest BCUT2D eigenvalue weighted by Crippen LogP contribution is 2.32. The molecule has 2 aliphatic heterocycles. The summed E-state index contributed by atoms with van der Waals surface area (Å²) in [6.45, 7) is 0.701. The van der Waals surface area contributed by atoms with Crippen molar-refractivity contribution >= 4 is 35.3 Å². The summed E-state index contributed by atoms with van der Waals surface area (Å²) in [6.07, 6.45) is 16.8. The van der Waals surface area contributed by atoms with E-state index >= 15 is 0 Å². The fourth-order valence-corrected chi connectivity index (χ4v) is 5.41. The van der Waals surface area contributed by atoms with Crippen molar-refractivity contribution in [3.63, 3.8) is 0 Å². The molecule has 0 saturated carbocycles. The Balaban J connectivity index is 1.25. The van der Waals surface area contributed by atoms with Crippen LogP contribution in [0.1, 0.15) is 130 Å². The SMILES string of the molecule is O=C(O)CCCCCCCCCCCCCCCCNc1cccc2c1C(=O)N(C1CCC(=O)NC1=O)C2=O. The van der Waals surface area contributed by atoms with Crippen LogP contribution < -0.4 is 10.6 Å². The van der Waals surface area contributed by atoms with Gasteiger partial charge >= 0.3 is 5.97 Å². The molecule has 0 spiro atoms. The summed E-state index contributed by atoms with van der Waals surface area (Å²) in [4.78, 5) is 61.3. The number of piperidine rings is 1. The highest BCUT2D eigenvalue weighted by atomic mass is 16.4. The number of fused-ring (bicyclic) bond motifs is 1. The third-order valence-electron chi connectivity index (χ3n) is 7.60. The minimum Gasteiger partial charge on any atom is -0.481 e. The van der Waals surface area contributed by atoms with Gasteiger partial charge in [0, 0.05) is 25.1 Å². The Kier molecular flexibility index (Phi) is 12.4. The first-order chi connectivity index (χ1) is 18.9. The number of carbonyl (C=O) groups excluding carboxylic acids is 4. The lowest BCUT2D eigenvalue weighted by Gasteiger charge is -2.27. The second-order valence-corrected chi connectivity index (χ2v) is 10.7. The summed E-state index contributed by atoms with van der Waals surface area (Å²) in [5.74, 6) is -2.65. The molecule has 1 aromatic rings. The summed E-state index contributed by atoms with van der Waals surface area (Å²) >= 11 is 0. The molecule has 1 aromatic carbocycles. The number of carboxylic acid groups (broad SMARTS) is 1. The van der Waals surface area contributed by atoms with E-state index in [9.17, 15) is 24.0 Å². The Morgan fingerprint density at radius 2 is 1.38 bits per heavy atom.